The number of nitrogens with zero attached hydrogens (tertiary/aromatic N) is 5. The van der Waals surface area contributed by atoms with Crippen molar-refractivity contribution in [3.05, 3.63) is 75.8 Å². The Labute approximate surface area is 235 Å². The maximum absolute atomic E-state index is 14.5. The van der Waals surface area contributed by atoms with Gasteiger partial charge in [0, 0.05) is 37.2 Å². The highest BCUT2D eigenvalue weighted by molar-refractivity contribution is 7.65. The van der Waals surface area contributed by atoms with Crippen LogP contribution in [0.3, 0.4) is 0 Å². The molecule has 10 heteroatoms. The van der Waals surface area contributed by atoms with Crippen molar-refractivity contribution in [2.45, 2.75) is 47.2 Å². The van der Waals surface area contributed by atoms with Gasteiger partial charge < -0.3 is 10.2 Å². The molecule has 210 valence electrons. The molecule has 0 saturated carbocycles. The SMILES string of the molecule is CCP(CC)c1ccc(-n2ccn(-c3c(-c4cc(C)c(F)c(C)c4)nn4c3C(C)N(C=O)CC4)c2=O)cc1NC. The van der Waals surface area contributed by atoms with Gasteiger partial charge in [0.15, 0.2) is 0 Å². The molecule has 1 aliphatic heterocycles. The monoisotopic (exact) mass is 562 g/mol. The fourth-order valence-corrected chi connectivity index (χ4v) is 7.66. The topological polar surface area (TPSA) is 77.1 Å². The van der Waals surface area contributed by atoms with Gasteiger partial charge in [0.25, 0.3) is 0 Å². The summed E-state index contributed by atoms with van der Waals surface area (Å²) < 4.78 is 19.6. The average Bonchev–Trinajstić information content (AvgIpc) is 3.53. The van der Waals surface area contributed by atoms with Crippen LogP contribution in [-0.4, -0.2) is 56.1 Å². The van der Waals surface area contributed by atoms with Gasteiger partial charge in [0.2, 0.25) is 6.41 Å². The highest BCUT2D eigenvalue weighted by Gasteiger charge is 2.32. The summed E-state index contributed by atoms with van der Waals surface area (Å²) in [6, 6.07) is 9.40. The van der Waals surface area contributed by atoms with Crippen LogP contribution < -0.4 is 16.3 Å². The smallest absolute Gasteiger partial charge is 0.337 e. The lowest BCUT2D eigenvalue weighted by Gasteiger charge is -2.31. The summed E-state index contributed by atoms with van der Waals surface area (Å²) in [5, 5.41) is 9.53. The lowest BCUT2D eigenvalue weighted by Crippen LogP contribution is -2.37. The van der Waals surface area contributed by atoms with Crippen LogP contribution in [0.5, 0.6) is 0 Å². The zero-order valence-electron chi connectivity index (χ0n) is 23.9. The van der Waals surface area contributed by atoms with E-state index in [1.54, 1.807) is 52.4 Å². The van der Waals surface area contributed by atoms with Crippen LogP contribution in [0, 0.1) is 19.7 Å². The lowest BCUT2D eigenvalue weighted by atomic mass is 10.0. The summed E-state index contributed by atoms with van der Waals surface area (Å²) in [7, 11) is 1.64. The Morgan fingerprint density at radius 3 is 2.38 bits per heavy atom. The number of benzene rings is 2. The molecule has 1 aliphatic rings. The molecule has 1 amide bonds. The molecule has 2 aromatic heterocycles. The maximum Gasteiger partial charge on any atom is 0.337 e. The zero-order valence-corrected chi connectivity index (χ0v) is 24.8. The Hall–Kier alpha value is -3.71. The van der Waals surface area contributed by atoms with Crippen LogP contribution in [-0.2, 0) is 11.3 Å². The molecule has 2 aromatic carbocycles. The first-order valence-corrected chi connectivity index (χ1v) is 15.4. The van der Waals surface area contributed by atoms with Crippen molar-refractivity contribution in [3.8, 4) is 22.6 Å². The van der Waals surface area contributed by atoms with Crippen molar-refractivity contribution in [1.82, 2.24) is 23.8 Å². The zero-order chi connectivity index (χ0) is 28.7. The standard InChI is InChI=1S/C30H36FN6O2P/c1-7-40(8-2)25-10-9-23(17-24(25)32-6)35-12-13-36(30(35)39)29-27(22-15-19(3)26(31)20(4)16-22)33-37-14-11-34(18-38)21(5)28(29)37/h9-10,12-13,15-18,21,32H,7-8,11,14H2,1-6H3. The van der Waals surface area contributed by atoms with Crippen LogP contribution in [0.2, 0.25) is 0 Å². The molecule has 0 saturated heterocycles. The number of fused-ring (bicyclic) bond motifs is 1. The van der Waals surface area contributed by atoms with Gasteiger partial charge in [0.05, 0.1) is 24.0 Å². The van der Waals surface area contributed by atoms with Gasteiger partial charge in [-0.2, -0.15) is 5.10 Å². The molecule has 1 N–H and O–H groups in total. The van der Waals surface area contributed by atoms with Gasteiger partial charge in [0.1, 0.15) is 17.2 Å². The number of imidazole rings is 1. The fraction of sp³-hybridized carbons (Fsp3) is 0.367. The highest BCUT2D eigenvalue weighted by atomic mass is 31.1. The number of carbonyl (C=O) groups is 1. The molecule has 5 rings (SSSR count). The van der Waals surface area contributed by atoms with Gasteiger partial charge in [-0.15, -0.1) is 0 Å². The molecule has 40 heavy (non-hydrogen) atoms. The van der Waals surface area contributed by atoms with Gasteiger partial charge in [-0.3, -0.25) is 18.6 Å². The Morgan fingerprint density at radius 1 is 1.07 bits per heavy atom. The molecule has 1 atom stereocenters. The first-order chi connectivity index (χ1) is 19.2. The van der Waals surface area contributed by atoms with Crippen LogP contribution >= 0.6 is 7.92 Å². The molecule has 8 nitrogen and oxygen atoms in total. The van der Waals surface area contributed by atoms with Gasteiger partial charge in [-0.05, 0) is 73.8 Å². The third kappa shape index (κ3) is 4.56. The van der Waals surface area contributed by atoms with Gasteiger partial charge >= 0.3 is 5.69 Å². The normalized spacial score (nSPS) is 15.0. The summed E-state index contributed by atoms with van der Waals surface area (Å²) in [6.45, 7) is 10.9. The molecule has 1 unspecified atom stereocenters. The van der Waals surface area contributed by atoms with E-state index in [1.165, 1.54) is 5.30 Å². The van der Waals surface area contributed by atoms with Crippen LogP contribution in [0.25, 0.3) is 22.6 Å². The van der Waals surface area contributed by atoms with E-state index in [9.17, 15) is 14.0 Å². The van der Waals surface area contributed by atoms with E-state index in [1.807, 2.05) is 30.8 Å². The third-order valence-corrected chi connectivity index (χ3v) is 10.5. The Bertz CT molecular complexity index is 1610. The number of rotatable bonds is 8. The predicted molar refractivity (Wildman–Crippen MR) is 160 cm³/mol. The summed E-state index contributed by atoms with van der Waals surface area (Å²) in [6.07, 6.45) is 6.55. The van der Waals surface area contributed by atoms with Crippen molar-refractivity contribution >= 4 is 25.3 Å². The molecule has 0 spiro atoms. The second-order valence-corrected chi connectivity index (χ2v) is 13.0. The van der Waals surface area contributed by atoms with Crippen LogP contribution in [0.4, 0.5) is 10.1 Å². The first kappa shape index (κ1) is 27.8. The number of nitrogens with one attached hydrogen (secondary N) is 1. The Balaban J connectivity index is 1.70. The van der Waals surface area contributed by atoms with Crippen molar-refractivity contribution in [2.24, 2.45) is 0 Å². The number of aromatic nitrogens is 4. The molecule has 0 bridgehead atoms. The molecule has 0 aliphatic carbocycles. The molecular weight excluding hydrogens is 526 g/mol. The van der Waals surface area contributed by atoms with E-state index in [2.05, 4.69) is 25.2 Å². The van der Waals surface area contributed by atoms with E-state index in [0.29, 0.717) is 35.6 Å². The number of aryl methyl sites for hydroxylation is 2. The van der Waals surface area contributed by atoms with Gasteiger partial charge in [-0.1, -0.05) is 27.8 Å². The Kier molecular flexibility index (Phi) is 7.69. The van der Waals surface area contributed by atoms with Crippen LogP contribution in [0.1, 0.15) is 43.6 Å². The molecular formula is C30H36FN6O2P. The number of hydrogen-bond donors (Lipinski definition) is 1. The second-order valence-electron chi connectivity index (χ2n) is 10.2. The minimum Gasteiger partial charge on any atom is -0.388 e. The minimum absolute atomic E-state index is 0.244. The summed E-state index contributed by atoms with van der Waals surface area (Å²) >= 11 is 0. The number of amides is 1. The quantitative estimate of drug-likeness (QED) is 0.243. The number of hydrogen-bond acceptors (Lipinski definition) is 4. The predicted octanol–water partition coefficient (Wildman–Crippen LogP) is 4.97. The lowest BCUT2D eigenvalue weighted by molar-refractivity contribution is -0.121. The van der Waals surface area contributed by atoms with Crippen molar-refractivity contribution in [1.29, 1.82) is 0 Å². The average molecular weight is 563 g/mol. The van der Waals surface area contributed by atoms with Crippen molar-refractivity contribution in [2.75, 3.05) is 31.2 Å². The maximum atomic E-state index is 14.5. The molecule has 0 fully saturated rings. The minimum atomic E-state index is -0.294. The molecule has 3 heterocycles. The first-order valence-electron chi connectivity index (χ1n) is 13.7. The van der Waals surface area contributed by atoms with Crippen molar-refractivity contribution in [3.63, 3.8) is 0 Å². The molecule has 0 radical (unpaired) electrons. The van der Waals surface area contributed by atoms with Gasteiger partial charge in [-0.25, -0.2) is 9.18 Å². The third-order valence-electron chi connectivity index (χ3n) is 7.92. The Morgan fingerprint density at radius 2 is 1.75 bits per heavy atom. The summed E-state index contributed by atoms with van der Waals surface area (Å²) in [4.78, 5) is 27.6. The van der Waals surface area contributed by atoms with E-state index in [-0.39, 0.29) is 25.5 Å². The number of carbonyl (C=O) groups excluding carboxylic acids is 1. The van der Waals surface area contributed by atoms with Crippen LogP contribution in [0.15, 0.2) is 47.5 Å². The summed E-state index contributed by atoms with van der Waals surface area (Å²) in [5.41, 5.74) is 5.27. The second kappa shape index (κ2) is 11.0. The summed E-state index contributed by atoms with van der Waals surface area (Å²) in [5.74, 6) is -0.253. The molecule has 4 aromatic rings. The highest BCUT2D eigenvalue weighted by Crippen LogP contribution is 2.38. The van der Waals surface area contributed by atoms with E-state index < -0.39 is 0 Å². The van der Waals surface area contributed by atoms with E-state index in [4.69, 9.17) is 5.10 Å². The fourth-order valence-electron chi connectivity index (χ4n) is 5.73. The van der Waals surface area contributed by atoms with Crippen molar-refractivity contribution < 1.29 is 9.18 Å². The van der Waals surface area contributed by atoms with E-state index in [0.717, 1.165) is 41.4 Å². The number of anilines is 1. The number of halogens is 1. The van der Waals surface area contributed by atoms with E-state index >= 15 is 0 Å². The largest absolute Gasteiger partial charge is 0.388 e.